The van der Waals surface area contributed by atoms with Crippen molar-refractivity contribution in [3.05, 3.63) is 48.3 Å². The molecule has 5 rings (SSSR count). The molecule has 3 heterocycles. The SMILES string of the molecule is CCc1nc2ccccc2n1CC(=O)N1CCN(S(=O)(=O)c2ccc3c(c2)OCCCO3)CC1. The minimum absolute atomic E-state index is 0.0366. The highest BCUT2D eigenvalue weighted by Gasteiger charge is 2.31. The van der Waals surface area contributed by atoms with Crippen LogP contribution in [0.1, 0.15) is 19.2 Å². The summed E-state index contributed by atoms with van der Waals surface area (Å²) >= 11 is 0. The van der Waals surface area contributed by atoms with E-state index in [4.69, 9.17) is 9.47 Å². The van der Waals surface area contributed by atoms with Crippen LogP contribution < -0.4 is 9.47 Å². The molecule has 0 atom stereocenters. The molecule has 0 saturated carbocycles. The second-order valence-electron chi connectivity index (χ2n) is 8.40. The van der Waals surface area contributed by atoms with Gasteiger partial charge in [-0.3, -0.25) is 4.79 Å². The van der Waals surface area contributed by atoms with Gasteiger partial charge in [-0.15, -0.1) is 0 Å². The highest BCUT2D eigenvalue weighted by Crippen LogP contribution is 2.33. The van der Waals surface area contributed by atoms with E-state index in [1.165, 1.54) is 10.4 Å². The van der Waals surface area contributed by atoms with Gasteiger partial charge in [0.25, 0.3) is 0 Å². The molecule has 2 aromatic carbocycles. The number of sulfonamides is 1. The number of carbonyl (C=O) groups is 1. The van der Waals surface area contributed by atoms with Gasteiger partial charge in [-0.2, -0.15) is 4.31 Å². The molecule has 180 valence electrons. The number of imidazole rings is 1. The van der Waals surface area contributed by atoms with E-state index in [1.807, 2.05) is 35.8 Å². The Hall–Kier alpha value is -3.11. The van der Waals surface area contributed by atoms with Crippen LogP contribution in [0.2, 0.25) is 0 Å². The smallest absolute Gasteiger partial charge is 0.243 e. The summed E-state index contributed by atoms with van der Waals surface area (Å²) in [7, 11) is -3.70. The van der Waals surface area contributed by atoms with Crippen LogP contribution in [0.3, 0.4) is 0 Å². The maximum Gasteiger partial charge on any atom is 0.243 e. The molecule has 1 saturated heterocycles. The standard InChI is InChI=1S/C24H28N4O5S/c1-2-23-25-19-6-3-4-7-20(19)28(23)17-24(29)26-10-12-27(13-11-26)34(30,31)18-8-9-21-22(16-18)33-15-5-14-32-21/h3-4,6-9,16H,2,5,10-15,17H2,1H3. The maximum absolute atomic E-state index is 13.2. The summed E-state index contributed by atoms with van der Waals surface area (Å²) in [6.45, 7) is 4.42. The molecule has 0 N–H and O–H groups in total. The lowest BCUT2D eigenvalue weighted by Gasteiger charge is -2.34. The van der Waals surface area contributed by atoms with Crippen LogP contribution in [-0.2, 0) is 27.8 Å². The lowest BCUT2D eigenvalue weighted by molar-refractivity contribution is -0.133. The molecule has 1 amide bonds. The molecule has 9 nitrogen and oxygen atoms in total. The molecule has 2 aliphatic rings. The summed E-state index contributed by atoms with van der Waals surface area (Å²) in [4.78, 5) is 19.6. The molecule has 0 unspecified atom stereocenters. The molecule has 1 fully saturated rings. The first-order valence-electron chi connectivity index (χ1n) is 11.6. The van der Waals surface area contributed by atoms with Crippen LogP contribution in [0.25, 0.3) is 11.0 Å². The van der Waals surface area contributed by atoms with Crippen molar-refractivity contribution in [1.29, 1.82) is 0 Å². The fourth-order valence-corrected chi connectivity index (χ4v) is 5.88. The maximum atomic E-state index is 13.2. The number of para-hydroxylation sites is 2. The third-order valence-electron chi connectivity index (χ3n) is 6.29. The monoisotopic (exact) mass is 484 g/mol. The van der Waals surface area contributed by atoms with Gasteiger partial charge in [-0.1, -0.05) is 19.1 Å². The van der Waals surface area contributed by atoms with E-state index in [2.05, 4.69) is 4.98 Å². The number of carbonyl (C=O) groups excluding carboxylic acids is 1. The van der Waals surface area contributed by atoms with E-state index in [1.54, 1.807) is 17.0 Å². The van der Waals surface area contributed by atoms with E-state index in [0.717, 1.165) is 29.7 Å². The first kappa shape index (κ1) is 22.7. The first-order valence-corrected chi connectivity index (χ1v) is 13.0. The number of hydrogen-bond acceptors (Lipinski definition) is 6. The number of amides is 1. The Labute approximate surface area is 198 Å². The predicted molar refractivity (Wildman–Crippen MR) is 126 cm³/mol. The second kappa shape index (κ2) is 9.27. The number of benzene rings is 2. The first-order chi connectivity index (χ1) is 16.5. The zero-order valence-electron chi connectivity index (χ0n) is 19.1. The molecule has 0 spiro atoms. The summed E-state index contributed by atoms with van der Waals surface area (Å²) in [5.41, 5.74) is 1.81. The summed E-state index contributed by atoms with van der Waals surface area (Å²) < 4.78 is 41.1. The van der Waals surface area contributed by atoms with Crippen molar-refractivity contribution in [3.63, 3.8) is 0 Å². The molecule has 0 radical (unpaired) electrons. The molecule has 0 bridgehead atoms. The number of nitrogens with zero attached hydrogens (tertiary/aromatic N) is 4. The Kier molecular flexibility index (Phi) is 6.18. The van der Waals surface area contributed by atoms with E-state index in [-0.39, 0.29) is 30.4 Å². The van der Waals surface area contributed by atoms with Crippen molar-refractivity contribution in [2.24, 2.45) is 0 Å². The molecule has 2 aliphatic heterocycles. The van der Waals surface area contributed by atoms with E-state index in [9.17, 15) is 13.2 Å². The van der Waals surface area contributed by atoms with Crippen molar-refractivity contribution in [2.45, 2.75) is 31.2 Å². The number of piperazine rings is 1. The van der Waals surface area contributed by atoms with Gasteiger partial charge in [0.05, 0.1) is 29.1 Å². The van der Waals surface area contributed by atoms with Crippen molar-refractivity contribution < 1.29 is 22.7 Å². The molecule has 0 aliphatic carbocycles. The highest BCUT2D eigenvalue weighted by molar-refractivity contribution is 7.89. The predicted octanol–water partition coefficient (Wildman–Crippen LogP) is 2.29. The third-order valence-corrected chi connectivity index (χ3v) is 8.19. The van der Waals surface area contributed by atoms with E-state index in [0.29, 0.717) is 37.8 Å². The Balaban J connectivity index is 1.27. The van der Waals surface area contributed by atoms with Crippen LogP contribution in [0.4, 0.5) is 0 Å². The number of fused-ring (bicyclic) bond motifs is 2. The lowest BCUT2D eigenvalue weighted by atomic mass is 10.3. The van der Waals surface area contributed by atoms with Gasteiger partial charge >= 0.3 is 0 Å². The summed E-state index contributed by atoms with van der Waals surface area (Å²) in [5.74, 6) is 1.84. The fraction of sp³-hybridized carbons (Fsp3) is 0.417. The summed E-state index contributed by atoms with van der Waals surface area (Å²) in [5, 5.41) is 0. The Morgan fingerprint density at radius 1 is 1.00 bits per heavy atom. The van der Waals surface area contributed by atoms with Crippen LogP contribution in [0.5, 0.6) is 11.5 Å². The average Bonchev–Trinajstić information content (AvgIpc) is 3.04. The molecule has 10 heteroatoms. The zero-order chi connectivity index (χ0) is 23.7. The third kappa shape index (κ3) is 4.23. The number of rotatable bonds is 5. The van der Waals surface area contributed by atoms with Gasteiger partial charge in [-0.25, -0.2) is 13.4 Å². The number of aromatic nitrogens is 2. The largest absolute Gasteiger partial charge is 0.490 e. The highest BCUT2D eigenvalue weighted by atomic mass is 32.2. The molecule has 3 aromatic rings. The Morgan fingerprint density at radius 2 is 1.74 bits per heavy atom. The zero-order valence-corrected chi connectivity index (χ0v) is 20.0. The second-order valence-corrected chi connectivity index (χ2v) is 10.3. The van der Waals surface area contributed by atoms with Crippen LogP contribution in [0.15, 0.2) is 47.4 Å². The van der Waals surface area contributed by atoms with Crippen molar-refractivity contribution in [2.75, 3.05) is 39.4 Å². The average molecular weight is 485 g/mol. The van der Waals surface area contributed by atoms with Gasteiger partial charge < -0.3 is 18.9 Å². The van der Waals surface area contributed by atoms with Gasteiger partial charge in [0.1, 0.15) is 12.4 Å². The minimum atomic E-state index is -3.70. The fourth-order valence-electron chi connectivity index (χ4n) is 4.44. The van der Waals surface area contributed by atoms with Crippen LogP contribution in [-0.4, -0.2) is 72.5 Å². The number of aryl methyl sites for hydroxylation is 1. The van der Waals surface area contributed by atoms with Crippen LogP contribution >= 0.6 is 0 Å². The minimum Gasteiger partial charge on any atom is -0.490 e. The molecule has 1 aromatic heterocycles. The van der Waals surface area contributed by atoms with Gasteiger partial charge in [-0.05, 0) is 24.3 Å². The molecular weight excluding hydrogens is 456 g/mol. The van der Waals surface area contributed by atoms with Crippen molar-refractivity contribution in [3.8, 4) is 11.5 Å². The van der Waals surface area contributed by atoms with Gasteiger partial charge in [0.15, 0.2) is 11.5 Å². The number of hydrogen-bond donors (Lipinski definition) is 0. The number of ether oxygens (including phenoxy) is 2. The van der Waals surface area contributed by atoms with E-state index < -0.39 is 10.0 Å². The lowest BCUT2D eigenvalue weighted by Crippen LogP contribution is -2.51. The topological polar surface area (TPSA) is 94.0 Å². The van der Waals surface area contributed by atoms with E-state index >= 15 is 0 Å². The van der Waals surface area contributed by atoms with Crippen molar-refractivity contribution in [1.82, 2.24) is 18.8 Å². The Bertz CT molecular complexity index is 1310. The molecule has 34 heavy (non-hydrogen) atoms. The van der Waals surface area contributed by atoms with Crippen LogP contribution in [0, 0.1) is 0 Å². The quantitative estimate of drug-likeness (QED) is 0.552. The Morgan fingerprint density at radius 3 is 2.50 bits per heavy atom. The van der Waals surface area contributed by atoms with Crippen molar-refractivity contribution >= 4 is 27.0 Å². The molecular formula is C24H28N4O5S. The summed E-state index contributed by atoms with van der Waals surface area (Å²) in [6, 6.07) is 12.5. The normalized spacial score (nSPS) is 17.0. The van der Waals surface area contributed by atoms with Gasteiger partial charge in [0, 0.05) is 45.1 Å². The van der Waals surface area contributed by atoms with Gasteiger partial charge in [0.2, 0.25) is 15.9 Å². The summed E-state index contributed by atoms with van der Waals surface area (Å²) in [6.07, 6.45) is 1.48.